The smallest absolute Gasteiger partial charge is 0.274 e. The Balaban J connectivity index is 2.12. The van der Waals surface area contributed by atoms with Gasteiger partial charge >= 0.3 is 0 Å². The van der Waals surface area contributed by atoms with Crippen LogP contribution in [0, 0.1) is 0 Å². The Hall–Kier alpha value is -2.48. The van der Waals surface area contributed by atoms with Crippen LogP contribution in [0.25, 0.3) is 11.0 Å². The summed E-state index contributed by atoms with van der Waals surface area (Å²) in [5, 5.41) is 7.90. The van der Waals surface area contributed by atoms with Crippen molar-refractivity contribution >= 4 is 22.8 Å². The average molecular weight is 263 g/mol. The molecule has 8 heteroatoms. The Labute approximate surface area is 108 Å². The number of primary amides is 1. The van der Waals surface area contributed by atoms with Gasteiger partial charge in [0, 0.05) is 12.1 Å². The van der Waals surface area contributed by atoms with Crippen LogP contribution in [0.3, 0.4) is 0 Å². The van der Waals surface area contributed by atoms with Gasteiger partial charge in [0.2, 0.25) is 5.91 Å². The predicted octanol–water partition coefficient (Wildman–Crippen LogP) is -0.402. The summed E-state index contributed by atoms with van der Waals surface area (Å²) < 4.78 is 1.72. The normalized spacial score (nSPS) is 10.6. The number of benzene rings is 1. The number of amides is 2. The van der Waals surface area contributed by atoms with E-state index >= 15 is 0 Å². The van der Waals surface area contributed by atoms with E-state index in [1.165, 1.54) is 0 Å². The van der Waals surface area contributed by atoms with Gasteiger partial charge < -0.3 is 5.73 Å². The number of carbonyl (C=O) groups is 2. The van der Waals surface area contributed by atoms with E-state index < -0.39 is 11.8 Å². The lowest BCUT2D eigenvalue weighted by atomic mass is 10.2. The number of aromatic nitrogens is 3. The van der Waals surface area contributed by atoms with Gasteiger partial charge in [-0.05, 0) is 25.1 Å². The van der Waals surface area contributed by atoms with Crippen molar-refractivity contribution in [3.63, 3.8) is 0 Å². The zero-order valence-corrected chi connectivity index (χ0v) is 10.3. The first-order valence-corrected chi connectivity index (χ1v) is 5.65. The van der Waals surface area contributed by atoms with Crippen LogP contribution in [0.15, 0.2) is 18.2 Å². The minimum atomic E-state index is -0.665. The number of hydroxylamine groups is 1. The van der Waals surface area contributed by atoms with Crippen LogP contribution in [0.1, 0.15) is 17.3 Å². The average Bonchev–Trinajstić information content (AvgIpc) is 2.80. The predicted molar refractivity (Wildman–Crippen MR) is 65.8 cm³/mol. The molecule has 1 aromatic carbocycles. The van der Waals surface area contributed by atoms with E-state index in [9.17, 15) is 9.59 Å². The quantitative estimate of drug-likeness (QED) is 0.713. The molecule has 0 saturated heterocycles. The number of carbonyl (C=O) groups excluding carboxylic acids is 2. The van der Waals surface area contributed by atoms with Crippen LogP contribution < -0.4 is 11.2 Å². The third-order valence-electron chi connectivity index (χ3n) is 2.45. The summed E-state index contributed by atoms with van der Waals surface area (Å²) in [6.07, 6.45) is 0. The second-order valence-electron chi connectivity index (χ2n) is 3.79. The van der Waals surface area contributed by atoms with Crippen molar-refractivity contribution in [2.75, 3.05) is 6.61 Å². The van der Waals surface area contributed by atoms with Gasteiger partial charge in [0.15, 0.2) is 6.61 Å². The van der Waals surface area contributed by atoms with E-state index in [2.05, 4.69) is 20.6 Å². The summed E-state index contributed by atoms with van der Waals surface area (Å²) >= 11 is 0. The molecule has 0 atom stereocenters. The lowest BCUT2D eigenvalue weighted by Crippen LogP contribution is -2.29. The molecule has 0 radical (unpaired) electrons. The van der Waals surface area contributed by atoms with Crippen molar-refractivity contribution in [3.05, 3.63) is 23.8 Å². The Morgan fingerprint density at radius 2 is 2.26 bits per heavy atom. The standard InChI is InChI=1S/C11H13N5O3/c1-2-16-9-4-3-7(5-8(9)13-15-16)11(18)14-19-6-10(12)17/h3-5H,2,6H2,1H3,(H2,12,17)(H,14,18). The highest BCUT2D eigenvalue weighted by Gasteiger charge is 2.10. The molecule has 0 aliphatic carbocycles. The molecule has 0 aliphatic heterocycles. The number of aryl methyl sites for hydroxylation is 1. The van der Waals surface area contributed by atoms with Crippen LogP contribution in [-0.4, -0.2) is 33.4 Å². The fraction of sp³-hybridized carbons (Fsp3) is 0.273. The molecular formula is C11H13N5O3. The van der Waals surface area contributed by atoms with Crippen LogP contribution in [0.5, 0.6) is 0 Å². The second-order valence-corrected chi connectivity index (χ2v) is 3.79. The Morgan fingerprint density at radius 1 is 1.47 bits per heavy atom. The van der Waals surface area contributed by atoms with E-state index in [-0.39, 0.29) is 6.61 Å². The van der Waals surface area contributed by atoms with Crippen LogP contribution in [0.2, 0.25) is 0 Å². The van der Waals surface area contributed by atoms with Crippen molar-refractivity contribution in [1.29, 1.82) is 0 Å². The highest BCUT2D eigenvalue weighted by Crippen LogP contribution is 2.13. The molecule has 0 spiro atoms. The monoisotopic (exact) mass is 263 g/mol. The maximum Gasteiger partial charge on any atom is 0.274 e. The van der Waals surface area contributed by atoms with E-state index in [4.69, 9.17) is 5.73 Å². The molecule has 0 unspecified atom stereocenters. The molecule has 0 aliphatic rings. The van der Waals surface area contributed by atoms with Crippen molar-refractivity contribution in [2.45, 2.75) is 13.5 Å². The lowest BCUT2D eigenvalue weighted by Gasteiger charge is -2.04. The molecule has 1 aromatic heterocycles. The summed E-state index contributed by atoms with van der Waals surface area (Å²) in [7, 11) is 0. The Bertz CT molecular complexity index is 622. The largest absolute Gasteiger partial charge is 0.368 e. The second kappa shape index (κ2) is 5.44. The molecule has 2 rings (SSSR count). The first kappa shape index (κ1) is 13.0. The van der Waals surface area contributed by atoms with E-state index in [1.807, 2.05) is 6.92 Å². The molecule has 0 bridgehead atoms. The summed E-state index contributed by atoms with van der Waals surface area (Å²) in [4.78, 5) is 26.8. The maximum absolute atomic E-state index is 11.7. The van der Waals surface area contributed by atoms with Gasteiger partial charge in [-0.25, -0.2) is 10.2 Å². The van der Waals surface area contributed by atoms with Gasteiger partial charge in [-0.2, -0.15) is 0 Å². The molecule has 8 nitrogen and oxygen atoms in total. The third kappa shape index (κ3) is 2.86. The van der Waals surface area contributed by atoms with Gasteiger partial charge in [-0.3, -0.25) is 14.4 Å². The van der Waals surface area contributed by atoms with Gasteiger partial charge in [-0.1, -0.05) is 5.21 Å². The molecule has 100 valence electrons. The van der Waals surface area contributed by atoms with E-state index in [1.54, 1.807) is 22.9 Å². The number of hydrogen-bond acceptors (Lipinski definition) is 5. The van der Waals surface area contributed by atoms with Gasteiger partial charge in [0.1, 0.15) is 5.52 Å². The number of nitrogens with zero attached hydrogens (tertiary/aromatic N) is 3. The third-order valence-corrected chi connectivity index (χ3v) is 2.45. The first-order valence-electron chi connectivity index (χ1n) is 5.65. The van der Waals surface area contributed by atoms with Crippen LogP contribution in [-0.2, 0) is 16.2 Å². The fourth-order valence-electron chi connectivity index (χ4n) is 1.58. The molecule has 1 heterocycles. The van der Waals surface area contributed by atoms with Gasteiger partial charge in [0.05, 0.1) is 5.52 Å². The molecule has 2 amide bonds. The topological polar surface area (TPSA) is 112 Å². The maximum atomic E-state index is 11.7. The summed E-state index contributed by atoms with van der Waals surface area (Å²) in [5.74, 6) is -1.14. The number of rotatable bonds is 5. The highest BCUT2D eigenvalue weighted by molar-refractivity contribution is 5.96. The molecule has 3 N–H and O–H groups in total. The lowest BCUT2D eigenvalue weighted by molar-refractivity contribution is -0.124. The molecule has 0 fully saturated rings. The molecular weight excluding hydrogens is 250 g/mol. The molecule has 0 saturated carbocycles. The molecule has 19 heavy (non-hydrogen) atoms. The van der Waals surface area contributed by atoms with Crippen LogP contribution >= 0.6 is 0 Å². The van der Waals surface area contributed by atoms with Crippen molar-refractivity contribution in [1.82, 2.24) is 20.5 Å². The minimum absolute atomic E-state index is 0.361. The SMILES string of the molecule is CCn1nnc2cc(C(=O)NOCC(N)=O)ccc21. The Morgan fingerprint density at radius 3 is 2.95 bits per heavy atom. The Kier molecular flexibility index (Phi) is 3.71. The zero-order valence-electron chi connectivity index (χ0n) is 10.3. The molecule has 2 aromatic rings. The van der Waals surface area contributed by atoms with E-state index in [0.29, 0.717) is 17.6 Å². The summed E-state index contributed by atoms with van der Waals surface area (Å²) in [6, 6.07) is 4.97. The van der Waals surface area contributed by atoms with Crippen molar-refractivity contribution in [3.8, 4) is 0 Å². The van der Waals surface area contributed by atoms with Crippen molar-refractivity contribution < 1.29 is 14.4 Å². The first-order chi connectivity index (χ1) is 9.11. The van der Waals surface area contributed by atoms with Gasteiger partial charge in [0.25, 0.3) is 5.91 Å². The van der Waals surface area contributed by atoms with Crippen LogP contribution in [0.4, 0.5) is 0 Å². The summed E-state index contributed by atoms with van der Waals surface area (Å²) in [5.41, 5.74) is 8.82. The minimum Gasteiger partial charge on any atom is -0.368 e. The van der Waals surface area contributed by atoms with Crippen molar-refractivity contribution in [2.24, 2.45) is 5.73 Å². The van der Waals surface area contributed by atoms with Gasteiger partial charge in [-0.15, -0.1) is 5.10 Å². The number of hydrogen-bond donors (Lipinski definition) is 2. The number of nitrogens with one attached hydrogen (secondary N) is 1. The number of fused-ring (bicyclic) bond motifs is 1. The fourth-order valence-corrected chi connectivity index (χ4v) is 1.58. The summed E-state index contributed by atoms with van der Waals surface area (Å²) in [6.45, 7) is 2.27. The van der Waals surface area contributed by atoms with E-state index in [0.717, 1.165) is 5.52 Å². The zero-order chi connectivity index (χ0) is 13.8. The number of nitrogens with two attached hydrogens (primary N) is 1. The highest BCUT2D eigenvalue weighted by atomic mass is 16.7.